The molecular weight excluding hydrogens is 446 g/mol. The Labute approximate surface area is 200 Å². The fourth-order valence-corrected chi connectivity index (χ4v) is 5.54. The lowest BCUT2D eigenvalue weighted by Gasteiger charge is -2.15. The first-order chi connectivity index (χ1) is 16.2. The summed E-state index contributed by atoms with van der Waals surface area (Å²) in [5.41, 5.74) is 9.20. The van der Waals surface area contributed by atoms with Crippen molar-refractivity contribution in [1.82, 2.24) is 14.0 Å². The van der Waals surface area contributed by atoms with Crippen LogP contribution in [0.5, 0.6) is 0 Å². The van der Waals surface area contributed by atoms with Crippen molar-refractivity contribution in [2.75, 3.05) is 7.11 Å². The van der Waals surface area contributed by atoms with Gasteiger partial charge in [0.05, 0.1) is 28.2 Å². The Morgan fingerprint density at radius 3 is 2.53 bits per heavy atom. The average Bonchev–Trinajstić information content (AvgIpc) is 3.39. The lowest BCUT2D eigenvalue weighted by molar-refractivity contribution is 0.0600. The van der Waals surface area contributed by atoms with Crippen LogP contribution in [-0.4, -0.2) is 27.0 Å². The van der Waals surface area contributed by atoms with Crippen molar-refractivity contribution < 1.29 is 9.53 Å². The smallest absolute Gasteiger partial charge is 0.338 e. The molecule has 5 aromatic rings. The molecule has 0 atom stereocenters. The number of fused-ring (bicyclic) bond motifs is 3. The van der Waals surface area contributed by atoms with E-state index in [1.807, 2.05) is 58.0 Å². The molecule has 0 spiro atoms. The zero-order valence-electron chi connectivity index (χ0n) is 20.0. The van der Waals surface area contributed by atoms with Crippen molar-refractivity contribution >= 4 is 39.4 Å². The minimum atomic E-state index is -0.357. The predicted octanol–water partition coefficient (Wildman–Crippen LogP) is 4.58. The molecule has 0 bridgehead atoms. The molecule has 0 aliphatic heterocycles. The number of aryl methyl sites for hydroxylation is 3. The first kappa shape index (κ1) is 22.1. The molecule has 3 aromatic heterocycles. The van der Waals surface area contributed by atoms with E-state index in [1.165, 1.54) is 18.4 Å². The third kappa shape index (κ3) is 3.27. The van der Waals surface area contributed by atoms with Gasteiger partial charge in [-0.25, -0.2) is 14.2 Å². The fourth-order valence-electron chi connectivity index (χ4n) is 4.56. The molecular formula is C27H25N3O3S. The second-order valence-electron chi connectivity index (χ2n) is 8.67. The summed E-state index contributed by atoms with van der Waals surface area (Å²) in [4.78, 5) is 30.9. The lowest BCUT2D eigenvalue weighted by Crippen LogP contribution is -2.22. The molecule has 6 nitrogen and oxygen atoms in total. The van der Waals surface area contributed by atoms with Crippen LogP contribution < -0.4 is 10.1 Å². The Morgan fingerprint density at radius 2 is 1.79 bits per heavy atom. The summed E-state index contributed by atoms with van der Waals surface area (Å²) < 4.78 is 9.40. The van der Waals surface area contributed by atoms with E-state index >= 15 is 0 Å². The van der Waals surface area contributed by atoms with E-state index < -0.39 is 0 Å². The van der Waals surface area contributed by atoms with Gasteiger partial charge >= 0.3 is 5.97 Å². The predicted molar refractivity (Wildman–Crippen MR) is 136 cm³/mol. The van der Waals surface area contributed by atoms with E-state index in [-0.39, 0.29) is 11.5 Å². The van der Waals surface area contributed by atoms with Gasteiger partial charge in [0, 0.05) is 17.1 Å². The molecule has 34 heavy (non-hydrogen) atoms. The molecule has 172 valence electrons. The summed E-state index contributed by atoms with van der Waals surface area (Å²) >= 11 is 1.40. The van der Waals surface area contributed by atoms with Crippen molar-refractivity contribution in [2.45, 2.75) is 34.6 Å². The summed E-state index contributed by atoms with van der Waals surface area (Å²) in [6, 6.07) is 11.7. The Kier molecular flexibility index (Phi) is 5.17. The summed E-state index contributed by atoms with van der Waals surface area (Å²) in [5, 5.41) is 0. The molecule has 0 N–H and O–H groups in total. The SMILES string of the molecule is COC(=O)c1cccc(-n2c(C)cc(/C=c3\sc4nc5cc(C)c(C)cc5n4c3=O)c2C)c1C. The largest absolute Gasteiger partial charge is 0.465 e. The van der Waals surface area contributed by atoms with Crippen LogP contribution in [0.4, 0.5) is 0 Å². The summed E-state index contributed by atoms with van der Waals surface area (Å²) in [6.45, 7) is 10.1. The van der Waals surface area contributed by atoms with E-state index in [0.29, 0.717) is 15.1 Å². The van der Waals surface area contributed by atoms with Gasteiger partial charge in [-0.1, -0.05) is 17.4 Å². The molecule has 5 rings (SSSR count). The number of hydrogen-bond donors (Lipinski definition) is 0. The number of nitrogens with zero attached hydrogens (tertiary/aromatic N) is 3. The Hall–Kier alpha value is -3.71. The highest BCUT2D eigenvalue weighted by molar-refractivity contribution is 7.15. The summed E-state index contributed by atoms with van der Waals surface area (Å²) in [5.74, 6) is -0.357. The number of ether oxygens (including phenoxy) is 1. The van der Waals surface area contributed by atoms with Crippen molar-refractivity contribution in [2.24, 2.45) is 0 Å². The van der Waals surface area contributed by atoms with E-state index in [1.54, 1.807) is 10.5 Å². The number of carbonyl (C=O) groups excluding carboxylic acids is 1. The quantitative estimate of drug-likeness (QED) is 0.362. The molecule has 0 aliphatic carbocycles. The van der Waals surface area contributed by atoms with E-state index in [9.17, 15) is 9.59 Å². The highest BCUT2D eigenvalue weighted by Crippen LogP contribution is 2.26. The number of aromatic nitrogens is 3. The minimum absolute atomic E-state index is 0.0561. The highest BCUT2D eigenvalue weighted by atomic mass is 32.1. The Morgan fingerprint density at radius 1 is 1.06 bits per heavy atom. The lowest BCUT2D eigenvalue weighted by atomic mass is 10.1. The molecule has 2 aromatic carbocycles. The molecule has 0 saturated carbocycles. The maximum absolute atomic E-state index is 13.3. The van der Waals surface area contributed by atoms with Gasteiger partial charge in [0.2, 0.25) is 0 Å². The number of thiazole rings is 1. The van der Waals surface area contributed by atoms with E-state index in [2.05, 4.69) is 17.6 Å². The number of rotatable bonds is 3. The second-order valence-corrected chi connectivity index (χ2v) is 9.68. The number of benzene rings is 2. The molecule has 0 radical (unpaired) electrons. The zero-order valence-corrected chi connectivity index (χ0v) is 20.8. The Bertz CT molecular complexity index is 1740. The van der Waals surface area contributed by atoms with Crippen LogP contribution >= 0.6 is 11.3 Å². The van der Waals surface area contributed by atoms with Gasteiger partial charge in [0.1, 0.15) is 0 Å². The van der Waals surface area contributed by atoms with Crippen LogP contribution in [-0.2, 0) is 4.74 Å². The van der Waals surface area contributed by atoms with Gasteiger partial charge in [0.15, 0.2) is 4.96 Å². The van der Waals surface area contributed by atoms with Gasteiger partial charge in [-0.15, -0.1) is 0 Å². The molecule has 0 fully saturated rings. The van der Waals surface area contributed by atoms with Crippen molar-refractivity contribution in [3.8, 4) is 5.69 Å². The molecule has 3 heterocycles. The average molecular weight is 472 g/mol. The molecule has 0 amide bonds. The van der Waals surface area contributed by atoms with Crippen LogP contribution in [0.15, 0.2) is 41.2 Å². The topological polar surface area (TPSA) is 65.6 Å². The summed E-state index contributed by atoms with van der Waals surface area (Å²) in [7, 11) is 1.39. The van der Waals surface area contributed by atoms with Gasteiger partial charge in [-0.2, -0.15) is 0 Å². The number of methoxy groups -OCH3 is 1. The Balaban J connectivity index is 1.68. The molecule has 0 unspecified atom stereocenters. The first-order valence-corrected chi connectivity index (χ1v) is 11.8. The van der Waals surface area contributed by atoms with E-state index in [0.717, 1.165) is 50.4 Å². The number of hydrogen-bond acceptors (Lipinski definition) is 5. The molecule has 0 saturated heterocycles. The van der Waals surface area contributed by atoms with Crippen LogP contribution in [0.25, 0.3) is 27.8 Å². The fraction of sp³-hybridized carbons (Fsp3) is 0.222. The van der Waals surface area contributed by atoms with Crippen LogP contribution in [0.2, 0.25) is 0 Å². The van der Waals surface area contributed by atoms with Crippen LogP contribution in [0, 0.1) is 34.6 Å². The second kappa shape index (κ2) is 7.95. The van der Waals surface area contributed by atoms with Crippen molar-refractivity contribution in [3.63, 3.8) is 0 Å². The first-order valence-electron chi connectivity index (χ1n) is 11.0. The number of carbonyl (C=O) groups is 1. The van der Waals surface area contributed by atoms with Crippen LogP contribution in [0.3, 0.4) is 0 Å². The van der Waals surface area contributed by atoms with Gasteiger partial charge in [-0.05, 0) is 93.3 Å². The zero-order chi connectivity index (χ0) is 24.3. The number of imidazole rings is 1. The van der Waals surface area contributed by atoms with Crippen molar-refractivity contribution in [1.29, 1.82) is 0 Å². The monoisotopic (exact) mass is 471 g/mol. The minimum Gasteiger partial charge on any atom is -0.465 e. The van der Waals surface area contributed by atoms with Gasteiger partial charge in [0.25, 0.3) is 5.56 Å². The van der Waals surface area contributed by atoms with E-state index in [4.69, 9.17) is 9.72 Å². The normalized spacial score (nSPS) is 12.2. The number of esters is 1. The third-order valence-corrected chi connectivity index (χ3v) is 7.53. The van der Waals surface area contributed by atoms with Gasteiger partial charge < -0.3 is 9.30 Å². The third-order valence-electron chi connectivity index (χ3n) is 6.56. The highest BCUT2D eigenvalue weighted by Gasteiger charge is 2.17. The summed E-state index contributed by atoms with van der Waals surface area (Å²) in [6.07, 6.45) is 1.94. The standard InChI is InChI=1S/C27H25N3O3S/c1-14-10-21-23(11-15(14)2)30-25(31)24(34-27(30)28-21)13-19-12-16(3)29(18(19)5)22-9-7-8-20(17(22)4)26(32)33-6/h7-13H,1-6H3/b24-13-. The van der Waals surface area contributed by atoms with Gasteiger partial charge in [-0.3, -0.25) is 4.79 Å². The maximum Gasteiger partial charge on any atom is 0.338 e. The van der Waals surface area contributed by atoms with Crippen LogP contribution in [0.1, 0.15) is 44.0 Å². The molecule has 0 aliphatic rings. The van der Waals surface area contributed by atoms with Crippen molar-refractivity contribution in [3.05, 3.63) is 90.5 Å². The maximum atomic E-state index is 13.3. The molecule has 7 heteroatoms.